The number of aromatic amines is 1. The highest BCUT2D eigenvalue weighted by molar-refractivity contribution is 6.31. The molecule has 0 saturated heterocycles. The van der Waals surface area contributed by atoms with Gasteiger partial charge in [0.05, 0.1) is 0 Å². The van der Waals surface area contributed by atoms with Crippen LogP contribution in [0, 0.1) is 13.8 Å². The zero-order valence-corrected chi connectivity index (χ0v) is 12.6. The molecule has 0 unspecified atom stereocenters. The maximum absolute atomic E-state index is 12.3. The second kappa shape index (κ2) is 5.26. The van der Waals surface area contributed by atoms with E-state index in [4.69, 9.17) is 11.6 Å². The van der Waals surface area contributed by atoms with E-state index in [0.717, 1.165) is 22.2 Å². The first-order valence-corrected chi connectivity index (χ1v) is 7.07. The summed E-state index contributed by atoms with van der Waals surface area (Å²) in [6.45, 7) is 4.07. The lowest BCUT2D eigenvalue weighted by atomic mass is 10.1. The van der Waals surface area contributed by atoms with E-state index >= 15 is 0 Å². The zero-order valence-electron chi connectivity index (χ0n) is 11.8. The van der Waals surface area contributed by atoms with E-state index in [0.29, 0.717) is 10.7 Å². The monoisotopic (exact) mass is 298 g/mol. The molecule has 3 aromatic rings. The number of carbonyl (C=O) groups is 1. The van der Waals surface area contributed by atoms with Gasteiger partial charge in [-0.3, -0.25) is 4.79 Å². The van der Waals surface area contributed by atoms with Crippen molar-refractivity contribution in [3.63, 3.8) is 0 Å². The van der Waals surface area contributed by atoms with Gasteiger partial charge in [0.25, 0.3) is 5.91 Å². The van der Waals surface area contributed by atoms with E-state index < -0.39 is 0 Å². The lowest BCUT2D eigenvalue weighted by molar-refractivity contribution is 0.102. The average Bonchev–Trinajstić information content (AvgIpc) is 2.86. The first-order chi connectivity index (χ1) is 10.0. The Balaban J connectivity index is 1.87. The van der Waals surface area contributed by atoms with E-state index in [9.17, 15) is 4.79 Å². The van der Waals surface area contributed by atoms with Gasteiger partial charge >= 0.3 is 0 Å². The molecule has 0 aliphatic heterocycles. The molecule has 4 heteroatoms. The van der Waals surface area contributed by atoms with E-state index in [1.165, 1.54) is 5.56 Å². The lowest BCUT2D eigenvalue weighted by Crippen LogP contribution is -2.12. The molecule has 1 aromatic heterocycles. The fourth-order valence-electron chi connectivity index (χ4n) is 2.24. The van der Waals surface area contributed by atoms with Gasteiger partial charge in [-0.15, -0.1) is 0 Å². The molecule has 3 rings (SSSR count). The van der Waals surface area contributed by atoms with Crippen molar-refractivity contribution in [3.05, 3.63) is 64.3 Å². The normalized spacial score (nSPS) is 10.8. The van der Waals surface area contributed by atoms with Crippen LogP contribution in [-0.2, 0) is 0 Å². The van der Waals surface area contributed by atoms with Crippen molar-refractivity contribution in [3.8, 4) is 0 Å². The van der Waals surface area contributed by atoms with Crippen LogP contribution in [0.2, 0.25) is 5.02 Å². The Morgan fingerprint density at radius 1 is 1.05 bits per heavy atom. The van der Waals surface area contributed by atoms with Gasteiger partial charge in [0.2, 0.25) is 0 Å². The number of benzene rings is 2. The third-order valence-electron chi connectivity index (χ3n) is 3.59. The van der Waals surface area contributed by atoms with Crippen LogP contribution >= 0.6 is 11.6 Å². The predicted octanol–water partition coefficient (Wildman–Crippen LogP) is 4.69. The summed E-state index contributed by atoms with van der Waals surface area (Å²) in [7, 11) is 0. The van der Waals surface area contributed by atoms with Gasteiger partial charge in [-0.1, -0.05) is 23.7 Å². The first-order valence-electron chi connectivity index (χ1n) is 6.70. The number of aryl methyl sites for hydroxylation is 2. The summed E-state index contributed by atoms with van der Waals surface area (Å²) in [5, 5.41) is 4.51. The minimum absolute atomic E-state index is 0.162. The third kappa shape index (κ3) is 2.78. The van der Waals surface area contributed by atoms with Gasteiger partial charge in [0.1, 0.15) is 5.69 Å². The highest BCUT2D eigenvalue weighted by Crippen LogP contribution is 2.21. The van der Waals surface area contributed by atoms with E-state index in [1.807, 2.05) is 56.3 Å². The Morgan fingerprint density at radius 3 is 2.62 bits per heavy atom. The number of hydrogen-bond donors (Lipinski definition) is 2. The average molecular weight is 299 g/mol. The Bertz CT molecular complexity index is 836. The largest absolute Gasteiger partial charge is 0.350 e. The number of anilines is 1. The van der Waals surface area contributed by atoms with Crippen LogP contribution in [0.1, 0.15) is 21.6 Å². The van der Waals surface area contributed by atoms with Gasteiger partial charge in [-0.25, -0.2) is 0 Å². The van der Waals surface area contributed by atoms with Crippen LogP contribution in [0.5, 0.6) is 0 Å². The molecule has 0 bridgehead atoms. The van der Waals surface area contributed by atoms with Gasteiger partial charge < -0.3 is 10.3 Å². The number of fused-ring (bicyclic) bond motifs is 1. The summed E-state index contributed by atoms with van der Waals surface area (Å²) in [6.07, 6.45) is 0. The van der Waals surface area contributed by atoms with Crippen molar-refractivity contribution in [1.82, 2.24) is 4.98 Å². The van der Waals surface area contributed by atoms with E-state index in [-0.39, 0.29) is 5.91 Å². The molecule has 0 atom stereocenters. The van der Waals surface area contributed by atoms with Crippen molar-refractivity contribution >= 4 is 34.1 Å². The summed E-state index contributed by atoms with van der Waals surface area (Å²) in [5.74, 6) is -0.162. The standard InChI is InChI=1S/C17H15ClN2O/c1-10-3-6-14(7-11(10)2)19-17(21)16-8-12-4-5-13(18)9-15(12)20-16/h3-9,20H,1-2H3,(H,19,21). The Kier molecular flexibility index (Phi) is 3.43. The fourth-order valence-corrected chi connectivity index (χ4v) is 2.41. The van der Waals surface area contributed by atoms with Crippen molar-refractivity contribution < 1.29 is 4.79 Å². The molecule has 3 nitrogen and oxygen atoms in total. The number of rotatable bonds is 2. The number of amides is 1. The van der Waals surface area contributed by atoms with Crippen molar-refractivity contribution in [2.45, 2.75) is 13.8 Å². The fraction of sp³-hybridized carbons (Fsp3) is 0.118. The van der Waals surface area contributed by atoms with Crippen LogP contribution in [-0.4, -0.2) is 10.9 Å². The van der Waals surface area contributed by atoms with Crippen LogP contribution < -0.4 is 5.32 Å². The van der Waals surface area contributed by atoms with Crippen molar-refractivity contribution in [1.29, 1.82) is 0 Å². The molecule has 0 saturated carbocycles. The number of carbonyl (C=O) groups excluding carboxylic acids is 1. The van der Waals surface area contributed by atoms with Gasteiger partial charge in [-0.2, -0.15) is 0 Å². The van der Waals surface area contributed by atoms with Crippen LogP contribution in [0.15, 0.2) is 42.5 Å². The van der Waals surface area contributed by atoms with Crippen molar-refractivity contribution in [2.24, 2.45) is 0 Å². The summed E-state index contributed by atoms with van der Waals surface area (Å²) in [4.78, 5) is 15.4. The summed E-state index contributed by atoms with van der Waals surface area (Å²) in [6, 6.07) is 13.2. The molecule has 0 aliphatic carbocycles. The molecular weight excluding hydrogens is 284 g/mol. The SMILES string of the molecule is Cc1ccc(NC(=O)c2cc3ccc(Cl)cc3[nH]2)cc1C. The number of hydrogen-bond acceptors (Lipinski definition) is 1. The molecule has 0 radical (unpaired) electrons. The van der Waals surface area contributed by atoms with Gasteiger partial charge in [-0.05, 0) is 55.3 Å². The molecule has 0 fully saturated rings. The zero-order chi connectivity index (χ0) is 15.0. The Hall–Kier alpha value is -2.26. The van der Waals surface area contributed by atoms with Crippen LogP contribution in [0.25, 0.3) is 10.9 Å². The molecular formula is C17H15ClN2O. The predicted molar refractivity (Wildman–Crippen MR) is 87.2 cm³/mol. The quantitative estimate of drug-likeness (QED) is 0.708. The molecule has 2 aromatic carbocycles. The second-order valence-electron chi connectivity index (χ2n) is 5.17. The molecule has 1 heterocycles. The number of nitrogens with one attached hydrogen (secondary N) is 2. The number of halogens is 1. The highest BCUT2D eigenvalue weighted by Gasteiger charge is 2.10. The number of aromatic nitrogens is 1. The molecule has 106 valence electrons. The summed E-state index contributed by atoms with van der Waals surface area (Å²) in [5.41, 5.74) is 4.52. The maximum Gasteiger partial charge on any atom is 0.272 e. The topological polar surface area (TPSA) is 44.9 Å². The molecule has 2 N–H and O–H groups in total. The first kappa shape index (κ1) is 13.7. The minimum atomic E-state index is -0.162. The summed E-state index contributed by atoms with van der Waals surface area (Å²) < 4.78 is 0. The maximum atomic E-state index is 12.3. The molecule has 21 heavy (non-hydrogen) atoms. The lowest BCUT2D eigenvalue weighted by Gasteiger charge is -2.06. The second-order valence-corrected chi connectivity index (χ2v) is 5.60. The molecule has 1 amide bonds. The Morgan fingerprint density at radius 2 is 1.86 bits per heavy atom. The smallest absolute Gasteiger partial charge is 0.272 e. The van der Waals surface area contributed by atoms with Crippen LogP contribution in [0.4, 0.5) is 5.69 Å². The van der Waals surface area contributed by atoms with Gasteiger partial charge in [0, 0.05) is 21.6 Å². The van der Waals surface area contributed by atoms with E-state index in [1.54, 1.807) is 0 Å². The molecule has 0 spiro atoms. The van der Waals surface area contributed by atoms with Crippen molar-refractivity contribution in [2.75, 3.05) is 5.32 Å². The third-order valence-corrected chi connectivity index (χ3v) is 3.83. The van der Waals surface area contributed by atoms with E-state index in [2.05, 4.69) is 10.3 Å². The number of H-pyrrole nitrogens is 1. The molecule has 0 aliphatic rings. The minimum Gasteiger partial charge on any atom is -0.350 e. The summed E-state index contributed by atoms with van der Waals surface area (Å²) >= 11 is 5.95. The van der Waals surface area contributed by atoms with Gasteiger partial charge in [0.15, 0.2) is 0 Å². The Labute approximate surface area is 127 Å². The highest BCUT2D eigenvalue weighted by atomic mass is 35.5. The van der Waals surface area contributed by atoms with Crippen LogP contribution in [0.3, 0.4) is 0 Å².